The molecule has 1 aromatic heterocycles. The summed E-state index contributed by atoms with van der Waals surface area (Å²) in [5.41, 5.74) is 0. The molecule has 1 aliphatic heterocycles. The van der Waals surface area contributed by atoms with Gasteiger partial charge in [0, 0.05) is 38.1 Å². The first-order chi connectivity index (χ1) is 11.8. The molecule has 0 unspecified atom stereocenters. The molecule has 10 heteroatoms. The molecule has 0 saturated carbocycles. The van der Waals surface area contributed by atoms with Crippen molar-refractivity contribution in [1.29, 1.82) is 0 Å². The van der Waals surface area contributed by atoms with E-state index in [1.807, 2.05) is 11.8 Å². The lowest BCUT2D eigenvalue weighted by molar-refractivity contribution is 0.119. The number of hydrogen-bond donors (Lipinski definition) is 1. The summed E-state index contributed by atoms with van der Waals surface area (Å²) in [5.74, 6) is -3.56. The van der Waals surface area contributed by atoms with Crippen molar-refractivity contribution >= 4 is 10.0 Å². The number of rotatable bonds is 4. The number of halogens is 3. The zero-order chi connectivity index (χ0) is 18.2. The predicted molar refractivity (Wildman–Crippen MR) is 83.7 cm³/mol. The number of nitrogens with one attached hydrogen (secondary N) is 1. The van der Waals surface area contributed by atoms with E-state index >= 15 is 0 Å². The Morgan fingerprint density at radius 2 is 1.92 bits per heavy atom. The molecule has 136 valence electrons. The first kappa shape index (κ1) is 17.9. The monoisotopic (exact) mass is 374 g/mol. The van der Waals surface area contributed by atoms with Gasteiger partial charge in [-0.2, -0.15) is 4.31 Å². The van der Waals surface area contributed by atoms with Gasteiger partial charge in [-0.05, 0) is 12.6 Å². The van der Waals surface area contributed by atoms with E-state index in [1.54, 1.807) is 12.4 Å². The van der Waals surface area contributed by atoms with Crippen LogP contribution in [0.15, 0.2) is 29.4 Å². The SMILES string of the molecule is CCN1CCN(S(=O)(=O)c2cc(F)c(F)cc2F)C[C@@H]1c1ncc[nH]1. The minimum atomic E-state index is -4.30. The van der Waals surface area contributed by atoms with Crippen LogP contribution in [0, 0.1) is 17.5 Å². The number of piperazine rings is 1. The van der Waals surface area contributed by atoms with Crippen LogP contribution in [0.2, 0.25) is 0 Å². The highest BCUT2D eigenvalue weighted by atomic mass is 32.2. The zero-order valence-corrected chi connectivity index (χ0v) is 14.2. The zero-order valence-electron chi connectivity index (χ0n) is 13.4. The quantitative estimate of drug-likeness (QED) is 0.830. The summed E-state index contributed by atoms with van der Waals surface area (Å²) in [6.07, 6.45) is 3.19. The van der Waals surface area contributed by atoms with E-state index in [9.17, 15) is 21.6 Å². The fourth-order valence-corrected chi connectivity index (χ4v) is 4.45. The van der Waals surface area contributed by atoms with Gasteiger partial charge in [0.2, 0.25) is 10.0 Å². The molecule has 25 heavy (non-hydrogen) atoms. The average molecular weight is 374 g/mol. The molecule has 1 aromatic carbocycles. The topological polar surface area (TPSA) is 69.3 Å². The Morgan fingerprint density at radius 3 is 2.56 bits per heavy atom. The number of aromatic nitrogens is 2. The van der Waals surface area contributed by atoms with Crippen LogP contribution in [0.1, 0.15) is 18.8 Å². The van der Waals surface area contributed by atoms with Gasteiger partial charge in [-0.25, -0.2) is 26.6 Å². The summed E-state index contributed by atoms with van der Waals surface area (Å²) >= 11 is 0. The van der Waals surface area contributed by atoms with Gasteiger partial charge >= 0.3 is 0 Å². The molecule has 2 aromatic rings. The molecule has 6 nitrogen and oxygen atoms in total. The molecule has 1 aliphatic rings. The Labute approximate surface area is 143 Å². The second-order valence-electron chi connectivity index (χ2n) is 5.68. The molecule has 0 aliphatic carbocycles. The minimum Gasteiger partial charge on any atom is -0.347 e. The van der Waals surface area contributed by atoms with Gasteiger partial charge in [0.25, 0.3) is 0 Å². The maximum absolute atomic E-state index is 14.0. The highest BCUT2D eigenvalue weighted by molar-refractivity contribution is 7.89. The van der Waals surface area contributed by atoms with Gasteiger partial charge in [0.1, 0.15) is 16.5 Å². The Bertz CT molecular complexity index is 858. The van der Waals surface area contributed by atoms with Crippen molar-refractivity contribution in [3.63, 3.8) is 0 Å². The average Bonchev–Trinajstić information content (AvgIpc) is 3.11. The second kappa shape index (κ2) is 6.77. The van der Waals surface area contributed by atoms with Crippen LogP contribution in [-0.2, 0) is 10.0 Å². The van der Waals surface area contributed by atoms with Crippen molar-refractivity contribution < 1.29 is 21.6 Å². The lowest BCUT2D eigenvalue weighted by Crippen LogP contribution is -2.50. The molecule has 1 saturated heterocycles. The Kier molecular flexibility index (Phi) is 4.85. The molecule has 0 amide bonds. The van der Waals surface area contributed by atoms with Crippen molar-refractivity contribution in [3.8, 4) is 0 Å². The van der Waals surface area contributed by atoms with E-state index in [2.05, 4.69) is 9.97 Å². The van der Waals surface area contributed by atoms with Crippen LogP contribution in [0.25, 0.3) is 0 Å². The fraction of sp³-hybridized carbons (Fsp3) is 0.400. The number of likely N-dealkylation sites (N-methyl/N-ethyl adjacent to an activating group) is 1. The van der Waals surface area contributed by atoms with Gasteiger partial charge in [-0.15, -0.1) is 0 Å². The number of H-pyrrole nitrogens is 1. The van der Waals surface area contributed by atoms with Gasteiger partial charge in [-0.1, -0.05) is 6.92 Å². The molecule has 1 N–H and O–H groups in total. The van der Waals surface area contributed by atoms with Crippen LogP contribution in [0.3, 0.4) is 0 Å². The number of sulfonamides is 1. The van der Waals surface area contributed by atoms with Crippen molar-refractivity contribution in [1.82, 2.24) is 19.2 Å². The van der Waals surface area contributed by atoms with E-state index in [-0.39, 0.29) is 25.2 Å². The normalized spacial score (nSPS) is 20.1. The lowest BCUT2D eigenvalue weighted by atomic mass is 10.2. The molecule has 3 rings (SSSR count). The third-order valence-corrected chi connectivity index (χ3v) is 6.17. The molecular weight excluding hydrogens is 357 g/mol. The fourth-order valence-electron chi connectivity index (χ4n) is 2.95. The highest BCUT2D eigenvalue weighted by Crippen LogP contribution is 2.28. The Morgan fingerprint density at radius 1 is 1.20 bits per heavy atom. The first-order valence-corrected chi connectivity index (χ1v) is 9.16. The minimum absolute atomic E-state index is 0.0299. The Balaban J connectivity index is 1.94. The summed E-state index contributed by atoms with van der Waals surface area (Å²) < 4.78 is 67.0. The van der Waals surface area contributed by atoms with Gasteiger partial charge < -0.3 is 4.98 Å². The smallest absolute Gasteiger partial charge is 0.246 e. The van der Waals surface area contributed by atoms with E-state index in [0.717, 1.165) is 4.31 Å². The van der Waals surface area contributed by atoms with Crippen LogP contribution in [-0.4, -0.2) is 53.8 Å². The maximum Gasteiger partial charge on any atom is 0.246 e. The van der Waals surface area contributed by atoms with Crippen molar-refractivity contribution in [2.45, 2.75) is 17.9 Å². The molecule has 1 atom stereocenters. The maximum atomic E-state index is 14.0. The summed E-state index contributed by atoms with van der Waals surface area (Å²) in [6, 6.07) is 0.291. The number of hydrogen-bond acceptors (Lipinski definition) is 4. The van der Waals surface area contributed by atoms with E-state index in [0.29, 0.717) is 25.0 Å². The number of benzene rings is 1. The van der Waals surface area contributed by atoms with Gasteiger partial charge in [0.05, 0.1) is 6.04 Å². The summed E-state index contributed by atoms with van der Waals surface area (Å²) in [5, 5.41) is 0. The Hall–Kier alpha value is -1.91. The number of aromatic amines is 1. The largest absolute Gasteiger partial charge is 0.347 e. The molecule has 0 bridgehead atoms. The summed E-state index contributed by atoms with van der Waals surface area (Å²) in [6.45, 7) is 3.17. The molecule has 1 fully saturated rings. The number of nitrogens with zero attached hydrogens (tertiary/aromatic N) is 3. The molecule has 0 radical (unpaired) electrons. The van der Waals surface area contributed by atoms with Crippen LogP contribution in [0.5, 0.6) is 0 Å². The highest BCUT2D eigenvalue weighted by Gasteiger charge is 2.37. The van der Waals surface area contributed by atoms with E-state index in [1.165, 1.54) is 0 Å². The summed E-state index contributed by atoms with van der Waals surface area (Å²) in [4.78, 5) is 8.29. The van der Waals surface area contributed by atoms with Crippen LogP contribution < -0.4 is 0 Å². The van der Waals surface area contributed by atoms with Gasteiger partial charge in [-0.3, -0.25) is 4.90 Å². The molecule has 2 heterocycles. The lowest BCUT2D eigenvalue weighted by Gasteiger charge is -2.39. The van der Waals surface area contributed by atoms with Gasteiger partial charge in [0.15, 0.2) is 11.6 Å². The van der Waals surface area contributed by atoms with Crippen molar-refractivity contribution in [2.24, 2.45) is 0 Å². The third kappa shape index (κ3) is 3.29. The molecule has 0 spiro atoms. The van der Waals surface area contributed by atoms with E-state index < -0.39 is 32.4 Å². The molecular formula is C15H17F3N4O2S. The summed E-state index contributed by atoms with van der Waals surface area (Å²) in [7, 11) is -4.30. The standard InChI is InChI=1S/C15H17F3N4O2S/c1-2-21-5-6-22(9-13(21)15-19-3-4-20-15)25(23,24)14-8-11(17)10(16)7-12(14)18/h3-4,7-8,13H,2,5-6,9H2,1H3,(H,19,20)/t13-/m1/s1. The number of imidazole rings is 1. The van der Waals surface area contributed by atoms with Crippen LogP contribution in [0.4, 0.5) is 13.2 Å². The van der Waals surface area contributed by atoms with Crippen molar-refractivity contribution in [3.05, 3.63) is 47.8 Å². The second-order valence-corrected chi connectivity index (χ2v) is 7.58. The van der Waals surface area contributed by atoms with Crippen molar-refractivity contribution in [2.75, 3.05) is 26.2 Å². The third-order valence-electron chi connectivity index (χ3n) is 4.29. The van der Waals surface area contributed by atoms with E-state index in [4.69, 9.17) is 0 Å². The first-order valence-electron chi connectivity index (χ1n) is 7.72. The predicted octanol–water partition coefficient (Wildman–Crippen LogP) is 1.89. The van der Waals surface area contributed by atoms with Crippen LogP contribution >= 0.6 is 0 Å².